The van der Waals surface area contributed by atoms with Crippen LogP contribution in [0.4, 0.5) is 0 Å². The lowest BCUT2D eigenvalue weighted by Gasteiger charge is -2.30. The Labute approximate surface area is 452 Å². The number of carbonyl (C=O) groups is 2. The molecule has 0 fully saturated rings. The largest absolute Gasteiger partial charge is 0.756 e. The van der Waals surface area contributed by atoms with E-state index in [4.69, 9.17) is 13.8 Å². The number of phosphoric acid groups is 1. The van der Waals surface area contributed by atoms with Crippen LogP contribution in [0.15, 0.2) is 48.6 Å². The van der Waals surface area contributed by atoms with E-state index in [9.17, 15) is 19.0 Å². The second-order valence-corrected chi connectivity index (χ2v) is 23.6. The van der Waals surface area contributed by atoms with Gasteiger partial charge in [-0.3, -0.25) is 14.2 Å². The van der Waals surface area contributed by atoms with Gasteiger partial charge in [0.25, 0.3) is 7.82 Å². The smallest absolute Gasteiger partial charge is 0.306 e. The van der Waals surface area contributed by atoms with Crippen molar-refractivity contribution in [2.75, 3.05) is 40.9 Å². The standard InChI is InChI=1S/C63H119N2O7P/c1-7-10-13-16-19-22-25-27-28-29-30-31-32-33-34-35-36-38-41-44-47-50-53-56-63(67)72-61(54-51-48-45-42-39-24-21-18-15-12-9-3)60(59-71-73(68,69)70-58-57-65(4,5)6)64-62(66)55-52-49-46-43-40-37-26-23-20-17-14-11-8-2/h27-28,37,40,46,49,51,54,60-61H,7-26,29-36,38-39,41-45,47-48,50,52-53,55-59H2,1-6H3,(H-,64,66,68,69)/b28-27+,40-37-,49-46+,54-51-. The van der Waals surface area contributed by atoms with E-state index in [-0.39, 0.29) is 31.3 Å². The Morgan fingerprint density at radius 1 is 0.479 bits per heavy atom. The van der Waals surface area contributed by atoms with Crippen molar-refractivity contribution < 1.29 is 37.3 Å². The molecule has 0 aliphatic carbocycles. The molecular weight excluding hydrogens is 928 g/mol. The van der Waals surface area contributed by atoms with Gasteiger partial charge in [-0.2, -0.15) is 0 Å². The summed E-state index contributed by atoms with van der Waals surface area (Å²) >= 11 is 0. The second-order valence-electron chi connectivity index (χ2n) is 22.2. The maximum atomic E-state index is 13.4. The predicted molar refractivity (Wildman–Crippen MR) is 312 cm³/mol. The number of phosphoric ester groups is 1. The van der Waals surface area contributed by atoms with Crippen molar-refractivity contribution in [1.29, 1.82) is 0 Å². The lowest BCUT2D eigenvalue weighted by atomic mass is 10.0. The Hall–Kier alpha value is -2.03. The van der Waals surface area contributed by atoms with Crippen LogP contribution in [-0.2, 0) is 27.9 Å². The summed E-state index contributed by atoms with van der Waals surface area (Å²) in [6.45, 7) is 6.80. The van der Waals surface area contributed by atoms with Crippen molar-refractivity contribution in [3.05, 3.63) is 48.6 Å². The second kappa shape index (κ2) is 53.4. The average molecular weight is 1050 g/mol. The van der Waals surface area contributed by atoms with Crippen molar-refractivity contribution in [3.8, 4) is 0 Å². The summed E-state index contributed by atoms with van der Waals surface area (Å²) in [7, 11) is 1.16. The fourth-order valence-corrected chi connectivity index (χ4v) is 9.64. The highest BCUT2D eigenvalue weighted by Crippen LogP contribution is 2.38. The Morgan fingerprint density at radius 2 is 0.849 bits per heavy atom. The van der Waals surface area contributed by atoms with E-state index >= 15 is 0 Å². The molecule has 0 aromatic rings. The molecule has 0 saturated heterocycles. The molecule has 0 heterocycles. The molecule has 428 valence electrons. The number of nitrogens with zero attached hydrogens (tertiary/aromatic N) is 1. The summed E-state index contributed by atoms with van der Waals surface area (Å²) in [5.41, 5.74) is 0. The van der Waals surface area contributed by atoms with Crippen molar-refractivity contribution >= 4 is 19.7 Å². The van der Waals surface area contributed by atoms with E-state index in [1.807, 2.05) is 39.4 Å². The van der Waals surface area contributed by atoms with Gasteiger partial charge in [0.2, 0.25) is 5.91 Å². The summed E-state index contributed by atoms with van der Waals surface area (Å²) in [6.07, 6.45) is 65.4. The average Bonchev–Trinajstić information content (AvgIpc) is 3.35. The molecule has 10 heteroatoms. The van der Waals surface area contributed by atoms with Crippen molar-refractivity contribution in [1.82, 2.24) is 5.32 Å². The van der Waals surface area contributed by atoms with Crippen LogP contribution in [-0.4, -0.2) is 69.4 Å². The Bertz CT molecular complexity index is 1390. The molecule has 0 aliphatic heterocycles. The van der Waals surface area contributed by atoms with Gasteiger partial charge in [-0.25, -0.2) is 0 Å². The number of nitrogens with one attached hydrogen (secondary N) is 1. The third kappa shape index (κ3) is 54.6. The molecule has 3 atom stereocenters. The zero-order chi connectivity index (χ0) is 53.6. The van der Waals surface area contributed by atoms with Gasteiger partial charge in [0.15, 0.2) is 0 Å². The fraction of sp³-hybridized carbons (Fsp3) is 0.841. The van der Waals surface area contributed by atoms with Gasteiger partial charge in [-0.1, -0.05) is 250 Å². The number of quaternary nitrogens is 1. The van der Waals surface area contributed by atoms with Crippen LogP contribution in [0.2, 0.25) is 0 Å². The summed E-state index contributed by atoms with van der Waals surface area (Å²) in [4.78, 5) is 39.8. The van der Waals surface area contributed by atoms with Crippen molar-refractivity contribution in [2.45, 2.75) is 303 Å². The van der Waals surface area contributed by atoms with E-state index in [0.29, 0.717) is 17.4 Å². The van der Waals surface area contributed by atoms with E-state index in [2.05, 4.69) is 56.5 Å². The Balaban J connectivity index is 5.15. The highest BCUT2D eigenvalue weighted by Gasteiger charge is 2.27. The SMILES string of the molecule is CCCCCCCC/C=C\C/C=C/CCC(=O)NC(COP(=O)([O-])OCC[N+](C)(C)C)C(/C=C\CCCCCCCCCCC)OC(=O)CCCCCCCCCCCCCCC/C=C/CCCCCCCC. The molecule has 0 aromatic carbocycles. The Kier molecular flexibility index (Phi) is 51.9. The highest BCUT2D eigenvalue weighted by molar-refractivity contribution is 7.45. The van der Waals surface area contributed by atoms with E-state index in [1.54, 1.807) is 0 Å². The van der Waals surface area contributed by atoms with Crippen LogP contribution in [0, 0.1) is 0 Å². The first-order valence-corrected chi connectivity index (χ1v) is 32.4. The topological polar surface area (TPSA) is 114 Å². The first-order valence-electron chi connectivity index (χ1n) is 30.9. The molecule has 9 nitrogen and oxygen atoms in total. The lowest BCUT2D eigenvalue weighted by molar-refractivity contribution is -0.870. The monoisotopic (exact) mass is 1050 g/mol. The minimum atomic E-state index is -4.71. The third-order valence-electron chi connectivity index (χ3n) is 13.7. The molecule has 0 aliphatic rings. The number of allylic oxidation sites excluding steroid dienone is 7. The predicted octanol–water partition coefficient (Wildman–Crippen LogP) is 18.3. The number of hydrogen-bond acceptors (Lipinski definition) is 7. The number of hydrogen-bond donors (Lipinski definition) is 1. The molecule has 0 saturated carbocycles. The molecule has 1 amide bonds. The number of rotatable bonds is 56. The third-order valence-corrected chi connectivity index (χ3v) is 14.7. The minimum Gasteiger partial charge on any atom is -0.756 e. The molecule has 3 unspecified atom stereocenters. The van der Waals surface area contributed by atoms with Crippen molar-refractivity contribution in [3.63, 3.8) is 0 Å². The van der Waals surface area contributed by atoms with Crippen LogP contribution in [0.3, 0.4) is 0 Å². The fourth-order valence-electron chi connectivity index (χ4n) is 8.92. The number of ether oxygens (including phenoxy) is 1. The zero-order valence-electron chi connectivity index (χ0n) is 48.8. The molecule has 0 spiro atoms. The molecule has 0 bridgehead atoms. The van der Waals surface area contributed by atoms with Crippen molar-refractivity contribution in [2.24, 2.45) is 0 Å². The van der Waals surface area contributed by atoms with Crippen LogP contribution in [0.5, 0.6) is 0 Å². The molecule has 1 N–H and O–H groups in total. The summed E-state index contributed by atoms with van der Waals surface area (Å²) in [6, 6.07) is -0.916. The van der Waals surface area contributed by atoms with Crippen LogP contribution >= 0.6 is 7.82 Å². The van der Waals surface area contributed by atoms with Crippen LogP contribution in [0.1, 0.15) is 290 Å². The zero-order valence-corrected chi connectivity index (χ0v) is 49.7. The maximum Gasteiger partial charge on any atom is 0.306 e. The van der Waals surface area contributed by atoms with Crippen LogP contribution in [0.25, 0.3) is 0 Å². The molecule has 0 radical (unpaired) electrons. The van der Waals surface area contributed by atoms with Gasteiger partial charge in [-0.15, -0.1) is 0 Å². The first kappa shape index (κ1) is 71.0. The van der Waals surface area contributed by atoms with Gasteiger partial charge in [-0.05, 0) is 76.7 Å². The molecule has 0 aromatic heterocycles. The van der Waals surface area contributed by atoms with Gasteiger partial charge in [0.05, 0.1) is 33.8 Å². The quantitative estimate of drug-likeness (QED) is 0.0212. The number of likely N-dealkylation sites (N-methyl/N-ethyl adjacent to an activating group) is 1. The maximum absolute atomic E-state index is 13.4. The molecule has 0 rings (SSSR count). The lowest BCUT2D eigenvalue weighted by Crippen LogP contribution is -2.47. The molecule has 73 heavy (non-hydrogen) atoms. The Morgan fingerprint density at radius 3 is 1.27 bits per heavy atom. The van der Waals surface area contributed by atoms with Crippen LogP contribution < -0.4 is 10.2 Å². The summed E-state index contributed by atoms with van der Waals surface area (Å²) < 4.78 is 30.2. The summed E-state index contributed by atoms with van der Waals surface area (Å²) in [5, 5.41) is 2.98. The first-order chi connectivity index (χ1) is 35.4. The van der Waals surface area contributed by atoms with Gasteiger partial charge < -0.3 is 28.5 Å². The molecular formula is C63H119N2O7P. The highest BCUT2D eigenvalue weighted by atomic mass is 31.2. The van der Waals surface area contributed by atoms with E-state index < -0.39 is 26.6 Å². The van der Waals surface area contributed by atoms with E-state index in [1.165, 1.54) is 199 Å². The van der Waals surface area contributed by atoms with Gasteiger partial charge in [0, 0.05) is 12.8 Å². The normalized spacial score (nSPS) is 14.0. The summed E-state index contributed by atoms with van der Waals surface area (Å²) in [5.74, 6) is -0.612. The number of unbranched alkanes of at least 4 members (excludes halogenated alkanes) is 34. The number of carbonyl (C=O) groups excluding carboxylic acids is 2. The van der Waals surface area contributed by atoms with E-state index in [0.717, 1.165) is 51.4 Å². The minimum absolute atomic E-state index is 0.0308. The van der Waals surface area contributed by atoms with Gasteiger partial charge >= 0.3 is 5.97 Å². The number of esters is 1. The number of amides is 1. The van der Waals surface area contributed by atoms with Gasteiger partial charge in [0.1, 0.15) is 19.3 Å².